The molecule has 2 N–H and O–H groups in total. The lowest BCUT2D eigenvalue weighted by Gasteiger charge is -2.18. The average Bonchev–Trinajstić information content (AvgIpc) is 2.53. The third-order valence-electron chi connectivity index (χ3n) is 2.66. The summed E-state index contributed by atoms with van der Waals surface area (Å²) < 4.78 is 38.6. The van der Waals surface area contributed by atoms with Crippen LogP contribution >= 0.6 is 11.6 Å². The van der Waals surface area contributed by atoms with Gasteiger partial charge in [-0.25, -0.2) is 4.98 Å². The highest BCUT2D eigenvalue weighted by molar-refractivity contribution is 6.35. The van der Waals surface area contributed by atoms with Crippen LogP contribution in [0.25, 0.3) is 11.0 Å². The van der Waals surface area contributed by atoms with Gasteiger partial charge in [0.15, 0.2) is 0 Å². The molecule has 0 aliphatic carbocycles. The van der Waals surface area contributed by atoms with Gasteiger partial charge in [0, 0.05) is 6.04 Å². The highest BCUT2D eigenvalue weighted by atomic mass is 35.5. The number of hydrogen-bond donors (Lipinski definition) is 1. The lowest BCUT2D eigenvalue weighted by Crippen LogP contribution is -2.18. The Hall–Kier alpha value is -1.43. The summed E-state index contributed by atoms with van der Waals surface area (Å²) in [4.78, 5) is 4.01. The molecule has 18 heavy (non-hydrogen) atoms. The van der Waals surface area contributed by atoms with Crippen LogP contribution in [-0.2, 0) is 0 Å². The first kappa shape index (κ1) is 13.0. The van der Waals surface area contributed by atoms with E-state index in [4.69, 9.17) is 17.3 Å². The predicted molar refractivity (Wildman–Crippen MR) is 64.5 cm³/mol. The van der Waals surface area contributed by atoms with Crippen LogP contribution in [0.1, 0.15) is 19.4 Å². The number of rotatable bonds is 2. The minimum atomic E-state index is -4.26. The normalized spacial score (nSPS) is 14.1. The van der Waals surface area contributed by atoms with Crippen molar-refractivity contribution in [2.45, 2.75) is 25.6 Å². The Kier molecular flexibility index (Phi) is 3.14. The number of nitrogens with two attached hydrogens (primary N) is 1. The molecule has 7 heteroatoms. The zero-order chi connectivity index (χ0) is 13.5. The number of alkyl halides is 3. The van der Waals surface area contributed by atoms with E-state index in [1.165, 1.54) is 11.5 Å². The molecule has 2 aromatic rings. The number of nitrogens with zero attached hydrogens (tertiary/aromatic N) is 2. The van der Waals surface area contributed by atoms with E-state index >= 15 is 0 Å². The lowest BCUT2D eigenvalue weighted by atomic mass is 10.2. The maximum absolute atomic E-state index is 12.4. The Bertz CT molecular complexity index is 577. The van der Waals surface area contributed by atoms with Gasteiger partial charge in [0.2, 0.25) is 5.95 Å². The highest BCUT2D eigenvalue weighted by Crippen LogP contribution is 2.34. The Labute approximate surface area is 106 Å². The molecule has 0 saturated carbocycles. The van der Waals surface area contributed by atoms with Crippen molar-refractivity contribution in [2.24, 2.45) is 0 Å². The zero-order valence-corrected chi connectivity index (χ0v) is 10.3. The molecule has 2 rings (SSSR count). The maximum Gasteiger partial charge on any atom is 0.391 e. The number of anilines is 1. The summed E-state index contributed by atoms with van der Waals surface area (Å²) in [6.45, 7) is 1.44. The molecular weight excluding hydrogens is 267 g/mol. The summed E-state index contributed by atoms with van der Waals surface area (Å²) in [5.41, 5.74) is 6.60. The number of fused-ring (bicyclic) bond motifs is 1. The van der Waals surface area contributed by atoms with Crippen LogP contribution in [0.15, 0.2) is 18.2 Å². The molecule has 0 saturated heterocycles. The van der Waals surface area contributed by atoms with Crippen LogP contribution in [0.4, 0.5) is 19.1 Å². The standard InChI is InChI=1S/C11H11ClF3N3/c1-6(5-11(13,14)15)18-9-7(12)3-2-4-8(9)17-10(18)16/h2-4,6H,5H2,1H3,(H2,16,17). The minimum Gasteiger partial charge on any atom is -0.369 e. The number of benzene rings is 1. The van der Waals surface area contributed by atoms with Gasteiger partial charge < -0.3 is 10.3 Å². The van der Waals surface area contributed by atoms with Crippen molar-refractivity contribution in [3.8, 4) is 0 Å². The maximum atomic E-state index is 12.4. The number of nitrogen functional groups attached to an aromatic ring is 1. The molecule has 0 aliphatic heterocycles. The van der Waals surface area contributed by atoms with Gasteiger partial charge in [0.1, 0.15) is 0 Å². The predicted octanol–water partition coefficient (Wildman–Crippen LogP) is 3.79. The van der Waals surface area contributed by atoms with Crippen molar-refractivity contribution < 1.29 is 13.2 Å². The second-order valence-corrected chi connectivity index (χ2v) is 4.52. The molecule has 0 fully saturated rings. The SMILES string of the molecule is CC(CC(F)(F)F)n1c(N)nc2cccc(Cl)c21. The van der Waals surface area contributed by atoms with Gasteiger partial charge in [-0.1, -0.05) is 17.7 Å². The first-order valence-corrected chi connectivity index (χ1v) is 5.66. The Morgan fingerprint density at radius 3 is 2.72 bits per heavy atom. The molecule has 1 atom stereocenters. The van der Waals surface area contributed by atoms with Crippen LogP contribution in [0.3, 0.4) is 0 Å². The van der Waals surface area contributed by atoms with Gasteiger partial charge in [0.25, 0.3) is 0 Å². The summed E-state index contributed by atoms with van der Waals surface area (Å²) in [6.07, 6.45) is -5.24. The largest absolute Gasteiger partial charge is 0.391 e. The number of imidazole rings is 1. The molecule has 0 radical (unpaired) electrons. The van der Waals surface area contributed by atoms with E-state index in [0.717, 1.165) is 0 Å². The fraction of sp³-hybridized carbons (Fsp3) is 0.364. The van der Waals surface area contributed by atoms with Crippen molar-refractivity contribution in [2.75, 3.05) is 5.73 Å². The van der Waals surface area contributed by atoms with Crippen LogP contribution in [0, 0.1) is 0 Å². The molecular formula is C11H11ClF3N3. The molecule has 1 unspecified atom stereocenters. The van der Waals surface area contributed by atoms with Crippen molar-refractivity contribution in [3.05, 3.63) is 23.2 Å². The number of aromatic nitrogens is 2. The van der Waals surface area contributed by atoms with Gasteiger partial charge in [0.05, 0.1) is 22.5 Å². The van der Waals surface area contributed by atoms with Gasteiger partial charge in [-0.15, -0.1) is 0 Å². The second-order valence-electron chi connectivity index (χ2n) is 4.12. The summed E-state index contributed by atoms with van der Waals surface area (Å²) >= 11 is 5.99. The molecule has 3 nitrogen and oxygen atoms in total. The van der Waals surface area contributed by atoms with E-state index in [9.17, 15) is 13.2 Å². The average molecular weight is 278 g/mol. The first-order valence-electron chi connectivity index (χ1n) is 5.28. The summed E-state index contributed by atoms with van der Waals surface area (Å²) in [5.74, 6) is 0.0369. The van der Waals surface area contributed by atoms with Crippen LogP contribution in [0.2, 0.25) is 5.02 Å². The summed E-state index contributed by atoms with van der Waals surface area (Å²) in [7, 11) is 0. The van der Waals surface area contributed by atoms with Crippen molar-refractivity contribution in [1.29, 1.82) is 0 Å². The first-order chi connectivity index (χ1) is 8.29. The van der Waals surface area contributed by atoms with E-state index in [0.29, 0.717) is 16.1 Å². The van der Waals surface area contributed by atoms with E-state index < -0.39 is 18.6 Å². The number of halogens is 4. The quantitative estimate of drug-likeness (QED) is 0.908. The summed E-state index contributed by atoms with van der Waals surface area (Å²) in [5, 5.41) is 0.339. The van der Waals surface area contributed by atoms with E-state index in [-0.39, 0.29) is 5.95 Å². The molecule has 1 aromatic carbocycles. The molecule has 0 aliphatic rings. The smallest absolute Gasteiger partial charge is 0.369 e. The van der Waals surface area contributed by atoms with Gasteiger partial charge in [-0.05, 0) is 19.1 Å². The Morgan fingerprint density at radius 1 is 1.44 bits per heavy atom. The molecule has 0 amide bonds. The lowest BCUT2D eigenvalue weighted by molar-refractivity contribution is -0.141. The molecule has 98 valence electrons. The molecule has 1 aromatic heterocycles. The third-order valence-corrected chi connectivity index (χ3v) is 2.96. The third kappa shape index (κ3) is 2.38. The second kappa shape index (κ2) is 4.35. The highest BCUT2D eigenvalue weighted by Gasteiger charge is 2.32. The van der Waals surface area contributed by atoms with Crippen molar-refractivity contribution >= 4 is 28.6 Å². The summed E-state index contributed by atoms with van der Waals surface area (Å²) in [6, 6.07) is 4.08. The van der Waals surface area contributed by atoms with Gasteiger partial charge in [-0.2, -0.15) is 13.2 Å². The molecule has 1 heterocycles. The monoisotopic (exact) mass is 277 g/mol. The molecule has 0 spiro atoms. The van der Waals surface area contributed by atoms with Crippen LogP contribution in [0.5, 0.6) is 0 Å². The van der Waals surface area contributed by atoms with Gasteiger partial charge in [-0.3, -0.25) is 0 Å². The number of para-hydroxylation sites is 1. The van der Waals surface area contributed by atoms with E-state index in [2.05, 4.69) is 4.98 Å². The van der Waals surface area contributed by atoms with Gasteiger partial charge >= 0.3 is 6.18 Å². The fourth-order valence-corrected chi connectivity index (χ4v) is 2.26. The van der Waals surface area contributed by atoms with Crippen LogP contribution < -0.4 is 5.73 Å². The van der Waals surface area contributed by atoms with Crippen LogP contribution in [-0.4, -0.2) is 15.7 Å². The minimum absolute atomic E-state index is 0.0369. The van der Waals surface area contributed by atoms with E-state index in [1.54, 1.807) is 18.2 Å². The topological polar surface area (TPSA) is 43.8 Å². The van der Waals surface area contributed by atoms with Crippen molar-refractivity contribution in [3.63, 3.8) is 0 Å². The Morgan fingerprint density at radius 2 is 2.11 bits per heavy atom. The molecule has 0 bridgehead atoms. The number of hydrogen-bond acceptors (Lipinski definition) is 2. The zero-order valence-electron chi connectivity index (χ0n) is 9.50. The van der Waals surface area contributed by atoms with Crippen molar-refractivity contribution in [1.82, 2.24) is 9.55 Å². The Balaban J connectivity index is 2.53. The van der Waals surface area contributed by atoms with E-state index in [1.807, 2.05) is 0 Å². The fourth-order valence-electron chi connectivity index (χ4n) is 2.00.